The molecule has 0 fully saturated rings. The Hall–Kier alpha value is -1.92. The number of hydrogen-bond donors (Lipinski definition) is 1. The van der Waals surface area contributed by atoms with Gasteiger partial charge in [0.25, 0.3) is 0 Å². The predicted molar refractivity (Wildman–Crippen MR) is 109 cm³/mol. The van der Waals surface area contributed by atoms with E-state index >= 15 is 0 Å². The summed E-state index contributed by atoms with van der Waals surface area (Å²) in [5, 5.41) is 5.17. The molecular weight excluding hydrogens is 362 g/mol. The van der Waals surface area contributed by atoms with E-state index in [4.69, 9.17) is 0 Å². The highest BCUT2D eigenvalue weighted by atomic mass is 32.2. The molecule has 1 aliphatic rings. The molecule has 1 N–H and O–H groups in total. The molecule has 0 saturated heterocycles. The number of benzene rings is 1. The quantitative estimate of drug-likeness (QED) is 0.513. The van der Waals surface area contributed by atoms with Gasteiger partial charge in [0, 0.05) is 16.0 Å². The number of hydrogen-bond acceptors (Lipinski definition) is 5. The molecule has 0 radical (unpaired) electrons. The maximum atomic E-state index is 12.5. The summed E-state index contributed by atoms with van der Waals surface area (Å²) in [7, 11) is 0. The van der Waals surface area contributed by atoms with Gasteiger partial charge in [-0.15, -0.1) is 11.3 Å². The first kappa shape index (κ1) is 17.5. The largest absolute Gasteiger partial charge is 0.325 e. The molecule has 2 aromatic heterocycles. The Bertz CT molecular complexity index is 960. The molecular formula is C20H21N3OS2. The third kappa shape index (κ3) is 3.35. The van der Waals surface area contributed by atoms with Crippen LogP contribution >= 0.6 is 23.1 Å². The van der Waals surface area contributed by atoms with Gasteiger partial charge in [-0.05, 0) is 56.2 Å². The highest BCUT2D eigenvalue weighted by Crippen LogP contribution is 2.39. The standard InChI is InChI=1S/C20H21N3OS2/c1-12-6-5-7-13(2)18(12)23-16(24)10-25-19-17-14-8-3-4-9-15(14)26-20(17)22-11-21-19/h5-7,11H,3-4,8-10H2,1-2H3,(H,23,24). The van der Waals surface area contributed by atoms with Crippen molar-refractivity contribution < 1.29 is 4.79 Å². The number of amides is 1. The summed E-state index contributed by atoms with van der Waals surface area (Å²) in [6.45, 7) is 4.03. The number of thioether (sulfide) groups is 1. The molecule has 1 aromatic carbocycles. The van der Waals surface area contributed by atoms with Crippen molar-refractivity contribution in [2.75, 3.05) is 11.1 Å². The zero-order chi connectivity index (χ0) is 18.1. The van der Waals surface area contributed by atoms with Crippen LogP contribution in [0.25, 0.3) is 10.2 Å². The van der Waals surface area contributed by atoms with Crippen molar-refractivity contribution in [1.82, 2.24) is 9.97 Å². The van der Waals surface area contributed by atoms with Gasteiger partial charge in [-0.3, -0.25) is 4.79 Å². The fraction of sp³-hybridized carbons (Fsp3) is 0.350. The van der Waals surface area contributed by atoms with Gasteiger partial charge < -0.3 is 5.32 Å². The highest BCUT2D eigenvalue weighted by molar-refractivity contribution is 8.00. The van der Waals surface area contributed by atoms with Gasteiger partial charge in [-0.2, -0.15) is 0 Å². The van der Waals surface area contributed by atoms with Crippen LogP contribution in [0.1, 0.15) is 34.4 Å². The van der Waals surface area contributed by atoms with Crippen LogP contribution in [0.3, 0.4) is 0 Å². The number of anilines is 1. The normalized spacial score (nSPS) is 13.6. The lowest BCUT2D eigenvalue weighted by atomic mass is 9.97. The molecule has 3 aromatic rings. The molecule has 0 aliphatic heterocycles. The number of fused-ring (bicyclic) bond motifs is 3. The molecule has 0 unspecified atom stereocenters. The first-order valence-electron chi connectivity index (χ1n) is 8.87. The monoisotopic (exact) mass is 383 g/mol. The molecule has 0 atom stereocenters. The second-order valence-corrected chi connectivity index (χ2v) is 8.72. The number of thiophene rings is 1. The maximum Gasteiger partial charge on any atom is 0.234 e. The van der Waals surface area contributed by atoms with E-state index in [9.17, 15) is 4.79 Å². The second-order valence-electron chi connectivity index (χ2n) is 6.67. The van der Waals surface area contributed by atoms with Crippen LogP contribution in [-0.4, -0.2) is 21.6 Å². The smallest absolute Gasteiger partial charge is 0.234 e. The molecule has 4 rings (SSSR count). The second kappa shape index (κ2) is 7.37. The lowest BCUT2D eigenvalue weighted by molar-refractivity contribution is -0.113. The average molecular weight is 384 g/mol. The van der Waals surface area contributed by atoms with Crippen molar-refractivity contribution in [3.05, 3.63) is 46.1 Å². The highest BCUT2D eigenvalue weighted by Gasteiger charge is 2.20. The summed E-state index contributed by atoms with van der Waals surface area (Å²) in [5.74, 6) is 0.355. The Balaban J connectivity index is 1.53. The first-order chi connectivity index (χ1) is 12.6. The van der Waals surface area contributed by atoms with Crippen LogP contribution in [0.2, 0.25) is 0 Å². The van der Waals surface area contributed by atoms with Crippen LogP contribution in [0.5, 0.6) is 0 Å². The molecule has 4 nitrogen and oxygen atoms in total. The summed E-state index contributed by atoms with van der Waals surface area (Å²) >= 11 is 3.30. The molecule has 26 heavy (non-hydrogen) atoms. The van der Waals surface area contributed by atoms with Crippen LogP contribution < -0.4 is 5.32 Å². The first-order valence-corrected chi connectivity index (χ1v) is 10.7. The Morgan fingerprint density at radius 1 is 1.19 bits per heavy atom. The van der Waals surface area contributed by atoms with E-state index in [1.807, 2.05) is 32.0 Å². The Morgan fingerprint density at radius 2 is 1.96 bits per heavy atom. The van der Waals surface area contributed by atoms with Gasteiger partial charge in [0.2, 0.25) is 5.91 Å². The molecule has 1 aliphatic carbocycles. The number of rotatable bonds is 4. The van der Waals surface area contributed by atoms with Crippen molar-refractivity contribution in [3.63, 3.8) is 0 Å². The van der Waals surface area contributed by atoms with Crippen molar-refractivity contribution >= 4 is 44.9 Å². The number of aromatic nitrogens is 2. The zero-order valence-corrected chi connectivity index (χ0v) is 16.6. The summed E-state index contributed by atoms with van der Waals surface area (Å²) in [6.07, 6.45) is 6.35. The van der Waals surface area contributed by atoms with E-state index < -0.39 is 0 Å². The van der Waals surface area contributed by atoms with E-state index in [0.29, 0.717) is 5.75 Å². The Kier molecular flexibility index (Phi) is 4.96. The molecule has 0 spiro atoms. The van der Waals surface area contributed by atoms with Crippen molar-refractivity contribution in [2.24, 2.45) is 0 Å². The fourth-order valence-corrected chi connectivity index (χ4v) is 5.61. The minimum Gasteiger partial charge on any atom is -0.325 e. The van der Waals surface area contributed by atoms with Crippen molar-refractivity contribution in [3.8, 4) is 0 Å². The SMILES string of the molecule is Cc1cccc(C)c1NC(=O)CSc1ncnc2sc3c(c12)CCCC3. The van der Waals surface area contributed by atoms with Crippen LogP contribution in [0.15, 0.2) is 29.6 Å². The number of carbonyl (C=O) groups is 1. The average Bonchev–Trinajstić information content (AvgIpc) is 3.02. The molecule has 0 bridgehead atoms. The molecule has 1 amide bonds. The van der Waals surface area contributed by atoms with Crippen LogP contribution in [0.4, 0.5) is 5.69 Å². The summed E-state index contributed by atoms with van der Waals surface area (Å²) in [5.41, 5.74) is 4.49. The van der Waals surface area contributed by atoms with E-state index in [2.05, 4.69) is 15.3 Å². The number of carbonyl (C=O) groups excluding carboxylic acids is 1. The Labute approximate surface area is 161 Å². The maximum absolute atomic E-state index is 12.5. The Morgan fingerprint density at radius 3 is 2.77 bits per heavy atom. The summed E-state index contributed by atoms with van der Waals surface area (Å²) in [6, 6.07) is 6.04. The summed E-state index contributed by atoms with van der Waals surface area (Å²) in [4.78, 5) is 23.9. The van der Waals surface area contributed by atoms with Gasteiger partial charge >= 0.3 is 0 Å². The third-order valence-corrected chi connectivity index (χ3v) is 6.99. The zero-order valence-electron chi connectivity index (χ0n) is 15.0. The predicted octanol–water partition coefficient (Wildman–Crippen LogP) is 4.92. The van der Waals surface area contributed by atoms with Gasteiger partial charge in [0.1, 0.15) is 16.2 Å². The van der Waals surface area contributed by atoms with Gasteiger partial charge in [-0.25, -0.2) is 9.97 Å². The van der Waals surface area contributed by atoms with E-state index in [0.717, 1.165) is 39.5 Å². The van der Waals surface area contributed by atoms with Crippen LogP contribution in [0, 0.1) is 13.8 Å². The molecule has 6 heteroatoms. The van der Waals surface area contributed by atoms with E-state index in [1.54, 1.807) is 17.7 Å². The van der Waals surface area contributed by atoms with Crippen molar-refractivity contribution in [2.45, 2.75) is 44.6 Å². The van der Waals surface area contributed by atoms with Crippen molar-refractivity contribution in [1.29, 1.82) is 0 Å². The minimum absolute atomic E-state index is 0.00302. The van der Waals surface area contributed by atoms with Gasteiger partial charge in [-0.1, -0.05) is 30.0 Å². The fourth-order valence-electron chi connectivity index (χ4n) is 3.49. The van der Waals surface area contributed by atoms with Crippen LogP contribution in [-0.2, 0) is 17.6 Å². The lowest BCUT2D eigenvalue weighted by Crippen LogP contribution is -2.16. The lowest BCUT2D eigenvalue weighted by Gasteiger charge is -2.12. The summed E-state index contributed by atoms with van der Waals surface area (Å²) < 4.78 is 0. The molecule has 134 valence electrons. The number of para-hydroxylation sites is 1. The number of nitrogens with one attached hydrogen (secondary N) is 1. The number of aryl methyl sites for hydroxylation is 4. The van der Waals surface area contributed by atoms with E-state index in [-0.39, 0.29) is 5.91 Å². The third-order valence-electron chi connectivity index (χ3n) is 4.80. The molecule has 0 saturated carbocycles. The molecule has 2 heterocycles. The topological polar surface area (TPSA) is 54.9 Å². The minimum atomic E-state index is 0.00302. The van der Waals surface area contributed by atoms with Gasteiger partial charge in [0.05, 0.1) is 5.75 Å². The number of nitrogens with zero attached hydrogens (tertiary/aromatic N) is 2. The van der Waals surface area contributed by atoms with E-state index in [1.165, 1.54) is 40.4 Å². The van der Waals surface area contributed by atoms with Gasteiger partial charge in [0.15, 0.2) is 0 Å².